The molecule has 0 rings (SSSR count). The number of carbonyl (C=O) groups is 4. The summed E-state index contributed by atoms with van der Waals surface area (Å²) in [6.45, 7) is 13.3. The summed E-state index contributed by atoms with van der Waals surface area (Å²) in [5.41, 5.74) is -0.661. The van der Waals surface area contributed by atoms with Crippen molar-refractivity contribution in [2.75, 3.05) is 28.4 Å². The van der Waals surface area contributed by atoms with Crippen molar-refractivity contribution >= 4 is 23.9 Å². The molecule has 204 valence electrons. The van der Waals surface area contributed by atoms with E-state index in [1.54, 1.807) is 13.8 Å². The highest BCUT2D eigenvalue weighted by Crippen LogP contribution is 2.37. The van der Waals surface area contributed by atoms with Crippen LogP contribution in [0.15, 0.2) is 0 Å². The molecule has 0 aromatic carbocycles. The van der Waals surface area contributed by atoms with E-state index in [4.69, 9.17) is 18.9 Å². The number of ether oxygens (including phenoxy) is 4. The van der Waals surface area contributed by atoms with Gasteiger partial charge < -0.3 is 18.9 Å². The van der Waals surface area contributed by atoms with E-state index in [1.807, 2.05) is 34.6 Å². The number of carbonyl (C=O) groups excluding carboxylic acids is 4. The molecule has 0 aliphatic carbocycles. The van der Waals surface area contributed by atoms with Gasteiger partial charge >= 0.3 is 23.9 Å². The van der Waals surface area contributed by atoms with Crippen LogP contribution >= 0.6 is 0 Å². The van der Waals surface area contributed by atoms with Crippen LogP contribution in [0.1, 0.15) is 74.1 Å². The van der Waals surface area contributed by atoms with Crippen LogP contribution in [0.3, 0.4) is 0 Å². The molecule has 35 heavy (non-hydrogen) atoms. The lowest BCUT2D eigenvalue weighted by molar-refractivity contribution is -0.149. The molecular weight excluding hydrogens is 454 g/mol. The van der Waals surface area contributed by atoms with Crippen LogP contribution in [0.5, 0.6) is 0 Å². The van der Waals surface area contributed by atoms with Gasteiger partial charge in [0.2, 0.25) is 0 Å². The molecule has 0 amide bonds. The smallest absolute Gasteiger partial charge is 0.308 e. The molecule has 9 nitrogen and oxygen atoms in total. The van der Waals surface area contributed by atoms with Crippen molar-refractivity contribution < 1.29 is 38.1 Å². The lowest BCUT2D eigenvalue weighted by atomic mass is 9.78. The van der Waals surface area contributed by atoms with Crippen molar-refractivity contribution in [2.24, 2.45) is 23.7 Å². The van der Waals surface area contributed by atoms with Crippen LogP contribution in [0, 0.1) is 23.7 Å². The Kier molecular flexibility index (Phi) is 14.1. The van der Waals surface area contributed by atoms with Crippen LogP contribution in [0.25, 0.3) is 0 Å². The molecule has 0 saturated carbocycles. The van der Waals surface area contributed by atoms with E-state index < -0.39 is 17.4 Å². The molecule has 0 aromatic rings. The van der Waals surface area contributed by atoms with Gasteiger partial charge in [-0.1, -0.05) is 27.7 Å². The monoisotopic (exact) mass is 501 g/mol. The average Bonchev–Trinajstić information content (AvgIpc) is 2.80. The zero-order valence-corrected chi connectivity index (χ0v) is 23.5. The second kappa shape index (κ2) is 15.1. The van der Waals surface area contributed by atoms with Gasteiger partial charge in [0.1, 0.15) is 0 Å². The second-order valence-corrected chi connectivity index (χ2v) is 10.2. The fourth-order valence-electron chi connectivity index (χ4n) is 5.53. The molecule has 0 aliphatic rings. The number of hydrogen-bond acceptors (Lipinski definition) is 9. The Balaban J connectivity index is 6.48. The zero-order valence-electron chi connectivity index (χ0n) is 23.5. The van der Waals surface area contributed by atoms with Crippen molar-refractivity contribution in [3.05, 3.63) is 0 Å². The normalized spacial score (nSPS) is 18.3. The highest BCUT2D eigenvalue weighted by Gasteiger charge is 2.43. The summed E-state index contributed by atoms with van der Waals surface area (Å²) in [6, 6.07) is -0.271. The first-order valence-corrected chi connectivity index (χ1v) is 12.3. The van der Waals surface area contributed by atoms with E-state index in [0.29, 0.717) is 25.7 Å². The third-order valence-electron chi connectivity index (χ3n) is 6.87. The molecule has 0 saturated heterocycles. The van der Waals surface area contributed by atoms with Crippen LogP contribution in [0.2, 0.25) is 0 Å². The Bertz CT molecular complexity index is 655. The van der Waals surface area contributed by atoms with Crippen molar-refractivity contribution in [3.8, 4) is 0 Å². The Morgan fingerprint density at radius 3 is 1.09 bits per heavy atom. The fourth-order valence-corrected chi connectivity index (χ4v) is 5.53. The third-order valence-corrected chi connectivity index (χ3v) is 6.87. The molecule has 0 aromatic heterocycles. The number of esters is 4. The van der Waals surface area contributed by atoms with Gasteiger partial charge in [-0.05, 0) is 46.5 Å². The maximum atomic E-state index is 12.4. The van der Waals surface area contributed by atoms with E-state index in [-0.39, 0.29) is 47.8 Å². The summed E-state index contributed by atoms with van der Waals surface area (Å²) in [6.07, 6.45) is 1.82. The lowest BCUT2D eigenvalue weighted by Gasteiger charge is -2.51. The molecule has 9 heteroatoms. The minimum Gasteiger partial charge on any atom is -0.469 e. The summed E-state index contributed by atoms with van der Waals surface area (Å²) in [5.74, 6) is -2.88. The van der Waals surface area contributed by atoms with Gasteiger partial charge in [0.15, 0.2) is 0 Å². The SMILES string of the molecule is COC(=O)C(C)CC(C)N(C(C)CC(C)C(=O)OC)C(C)(CC(C)C(=O)OC)CC(C)C(=O)OC. The van der Waals surface area contributed by atoms with Gasteiger partial charge in [-0.2, -0.15) is 0 Å². The Morgan fingerprint density at radius 2 is 0.829 bits per heavy atom. The Labute approximate surface area is 211 Å². The Morgan fingerprint density at radius 1 is 0.571 bits per heavy atom. The summed E-state index contributed by atoms with van der Waals surface area (Å²) < 4.78 is 19.8. The highest BCUT2D eigenvalue weighted by atomic mass is 16.5. The maximum Gasteiger partial charge on any atom is 0.308 e. The van der Waals surface area contributed by atoms with E-state index >= 15 is 0 Å². The summed E-state index contributed by atoms with van der Waals surface area (Å²) >= 11 is 0. The minimum absolute atomic E-state index is 0.136. The average molecular weight is 502 g/mol. The fraction of sp³-hybridized carbons (Fsp3) is 0.846. The van der Waals surface area contributed by atoms with Crippen LogP contribution in [0.4, 0.5) is 0 Å². The first-order chi connectivity index (χ1) is 16.2. The first kappa shape index (κ1) is 32.8. The summed E-state index contributed by atoms with van der Waals surface area (Å²) in [5, 5.41) is 0. The summed E-state index contributed by atoms with van der Waals surface area (Å²) in [4.78, 5) is 51.4. The quantitative estimate of drug-likeness (QED) is 0.245. The number of hydrogen-bond donors (Lipinski definition) is 0. The van der Waals surface area contributed by atoms with Gasteiger partial charge in [0.25, 0.3) is 0 Å². The molecular formula is C26H47NO8. The standard InChI is InChI=1S/C26H47NO8/c1-16(22(28)32-8)12-20(5)27(21(6)13-17(2)23(29)33-9)26(7,14-18(3)24(30)34-10)15-19(4)25(31)35-11/h16-21H,12-15H2,1-11H3. The third kappa shape index (κ3) is 9.78. The van der Waals surface area contributed by atoms with Crippen LogP contribution < -0.4 is 0 Å². The number of rotatable bonds is 15. The molecule has 6 unspecified atom stereocenters. The van der Waals surface area contributed by atoms with Gasteiger partial charge in [0.05, 0.1) is 52.1 Å². The molecule has 0 spiro atoms. The maximum absolute atomic E-state index is 12.4. The van der Waals surface area contributed by atoms with Gasteiger partial charge in [-0.25, -0.2) is 0 Å². The highest BCUT2D eigenvalue weighted by molar-refractivity contribution is 5.73. The number of methoxy groups -OCH3 is 4. The molecule has 0 fully saturated rings. The van der Waals surface area contributed by atoms with Crippen molar-refractivity contribution in [1.82, 2.24) is 4.90 Å². The molecule has 0 heterocycles. The molecule has 0 radical (unpaired) electrons. The summed E-state index contributed by atoms with van der Waals surface area (Å²) in [7, 11) is 5.43. The molecule has 0 aliphatic heterocycles. The molecule has 0 N–H and O–H groups in total. The predicted molar refractivity (Wildman–Crippen MR) is 132 cm³/mol. The molecule has 6 atom stereocenters. The van der Waals surface area contributed by atoms with Gasteiger partial charge in [0, 0.05) is 17.6 Å². The second-order valence-electron chi connectivity index (χ2n) is 10.2. The lowest BCUT2D eigenvalue weighted by Crippen LogP contribution is -2.58. The zero-order chi connectivity index (χ0) is 27.5. The van der Waals surface area contributed by atoms with Crippen molar-refractivity contribution in [3.63, 3.8) is 0 Å². The van der Waals surface area contributed by atoms with E-state index in [9.17, 15) is 19.2 Å². The van der Waals surface area contributed by atoms with E-state index in [1.165, 1.54) is 28.4 Å². The largest absolute Gasteiger partial charge is 0.469 e. The topological polar surface area (TPSA) is 108 Å². The van der Waals surface area contributed by atoms with E-state index in [2.05, 4.69) is 4.90 Å². The Hall–Kier alpha value is -2.16. The van der Waals surface area contributed by atoms with Crippen molar-refractivity contribution in [2.45, 2.75) is 91.8 Å². The number of nitrogens with zero attached hydrogens (tertiary/aromatic N) is 1. The van der Waals surface area contributed by atoms with Crippen LogP contribution in [-0.4, -0.2) is 74.8 Å². The van der Waals surface area contributed by atoms with Crippen LogP contribution in [-0.2, 0) is 38.1 Å². The predicted octanol–water partition coefficient (Wildman–Crippen LogP) is 3.62. The van der Waals surface area contributed by atoms with Gasteiger partial charge in [-0.3, -0.25) is 24.1 Å². The first-order valence-electron chi connectivity index (χ1n) is 12.3. The minimum atomic E-state index is -0.661. The van der Waals surface area contributed by atoms with Gasteiger partial charge in [-0.15, -0.1) is 0 Å². The van der Waals surface area contributed by atoms with Crippen molar-refractivity contribution in [1.29, 1.82) is 0 Å². The van der Waals surface area contributed by atoms with E-state index in [0.717, 1.165) is 0 Å². The molecule has 0 bridgehead atoms.